The van der Waals surface area contributed by atoms with Crippen LogP contribution in [-0.4, -0.2) is 29.8 Å². The van der Waals surface area contributed by atoms with Crippen molar-refractivity contribution in [1.29, 1.82) is 0 Å². The van der Waals surface area contributed by atoms with E-state index < -0.39 is 0 Å². The molecule has 1 N–H and O–H groups in total. The van der Waals surface area contributed by atoms with Crippen molar-refractivity contribution in [2.45, 2.75) is 25.7 Å². The Bertz CT molecular complexity index is 555. The second-order valence-corrected chi connectivity index (χ2v) is 6.27. The Morgan fingerprint density at radius 3 is 2.62 bits per heavy atom. The zero-order valence-corrected chi connectivity index (χ0v) is 12.6. The van der Waals surface area contributed by atoms with Gasteiger partial charge < -0.3 is 10.2 Å². The van der Waals surface area contributed by atoms with E-state index in [2.05, 4.69) is 5.32 Å². The highest BCUT2D eigenvalue weighted by Crippen LogP contribution is 2.41. The molecule has 1 aromatic rings. The van der Waals surface area contributed by atoms with Crippen molar-refractivity contribution in [3.8, 4) is 0 Å². The van der Waals surface area contributed by atoms with Gasteiger partial charge >= 0.3 is 0 Å². The fourth-order valence-electron chi connectivity index (χ4n) is 2.91. The van der Waals surface area contributed by atoms with Gasteiger partial charge in [-0.15, -0.1) is 0 Å². The minimum absolute atomic E-state index is 0.0763. The van der Waals surface area contributed by atoms with Gasteiger partial charge in [0, 0.05) is 23.8 Å². The summed E-state index contributed by atoms with van der Waals surface area (Å²) < 4.78 is 0. The first-order chi connectivity index (χ1) is 10.1. The maximum atomic E-state index is 12.3. The molecule has 0 aromatic heterocycles. The van der Waals surface area contributed by atoms with Crippen molar-refractivity contribution in [3.05, 3.63) is 29.3 Å². The number of hydrogen-bond acceptors (Lipinski definition) is 2. The predicted octanol–water partition coefficient (Wildman–Crippen LogP) is 2.93. The molecule has 4 nitrogen and oxygen atoms in total. The molecule has 112 valence electrons. The van der Waals surface area contributed by atoms with Crippen LogP contribution in [0.25, 0.3) is 0 Å². The third-order valence-electron chi connectivity index (χ3n) is 4.20. The predicted molar refractivity (Wildman–Crippen MR) is 82.1 cm³/mol. The Hall–Kier alpha value is -1.55. The highest BCUT2D eigenvalue weighted by molar-refractivity contribution is 6.30. The van der Waals surface area contributed by atoms with Crippen molar-refractivity contribution in [3.63, 3.8) is 0 Å². The van der Waals surface area contributed by atoms with E-state index in [1.807, 2.05) is 4.90 Å². The van der Waals surface area contributed by atoms with E-state index in [-0.39, 0.29) is 23.7 Å². The van der Waals surface area contributed by atoms with Crippen LogP contribution >= 0.6 is 11.6 Å². The van der Waals surface area contributed by atoms with Crippen molar-refractivity contribution < 1.29 is 9.59 Å². The summed E-state index contributed by atoms with van der Waals surface area (Å²) in [7, 11) is 0. The van der Waals surface area contributed by atoms with Gasteiger partial charge in [0.2, 0.25) is 11.8 Å². The SMILES string of the molecule is O=C(Nc1cccc(Cl)c1)C1CC1C(=O)N1CCCCC1. The molecule has 0 bridgehead atoms. The number of likely N-dealkylation sites (tertiary alicyclic amines) is 1. The van der Waals surface area contributed by atoms with Gasteiger partial charge in [-0.2, -0.15) is 0 Å². The van der Waals surface area contributed by atoms with Gasteiger partial charge in [0.25, 0.3) is 0 Å². The topological polar surface area (TPSA) is 49.4 Å². The molecule has 1 heterocycles. The van der Waals surface area contributed by atoms with E-state index in [0.717, 1.165) is 25.9 Å². The van der Waals surface area contributed by atoms with Gasteiger partial charge in [-0.3, -0.25) is 9.59 Å². The number of carbonyl (C=O) groups is 2. The van der Waals surface area contributed by atoms with Crippen molar-refractivity contribution in [1.82, 2.24) is 4.90 Å². The highest BCUT2D eigenvalue weighted by atomic mass is 35.5. The molecule has 1 saturated heterocycles. The van der Waals surface area contributed by atoms with Crippen LogP contribution in [0, 0.1) is 11.8 Å². The summed E-state index contributed by atoms with van der Waals surface area (Å²) in [4.78, 5) is 26.4. The molecule has 2 aliphatic rings. The third-order valence-corrected chi connectivity index (χ3v) is 4.44. The Kier molecular flexibility index (Phi) is 4.15. The average Bonchev–Trinajstić information content (AvgIpc) is 3.28. The second-order valence-electron chi connectivity index (χ2n) is 5.83. The molecule has 2 atom stereocenters. The van der Waals surface area contributed by atoms with Crippen LogP contribution in [0.5, 0.6) is 0 Å². The Morgan fingerprint density at radius 2 is 1.90 bits per heavy atom. The fourth-order valence-corrected chi connectivity index (χ4v) is 3.10. The molecule has 3 rings (SSSR count). The van der Waals surface area contributed by atoms with Crippen molar-refractivity contribution in [2.24, 2.45) is 11.8 Å². The maximum absolute atomic E-state index is 12.3. The summed E-state index contributed by atoms with van der Waals surface area (Å²) in [5.41, 5.74) is 0.684. The van der Waals surface area contributed by atoms with Crippen LogP contribution in [0.2, 0.25) is 5.02 Å². The molecule has 1 saturated carbocycles. The number of amides is 2. The van der Waals surface area contributed by atoms with Gasteiger partial charge in [0.1, 0.15) is 0 Å². The maximum Gasteiger partial charge on any atom is 0.228 e. The molecule has 1 aliphatic heterocycles. The standard InChI is InChI=1S/C16H19ClN2O2/c17-11-5-4-6-12(9-11)18-15(20)13-10-14(13)16(21)19-7-2-1-3-8-19/h4-6,9,13-14H,1-3,7-8,10H2,(H,18,20). The van der Waals surface area contributed by atoms with Crippen LogP contribution in [0.15, 0.2) is 24.3 Å². The summed E-state index contributed by atoms with van der Waals surface area (Å²) in [5, 5.41) is 3.43. The molecule has 0 spiro atoms. The molecule has 0 radical (unpaired) electrons. The molecule has 1 aliphatic carbocycles. The zero-order valence-electron chi connectivity index (χ0n) is 11.8. The van der Waals surface area contributed by atoms with Crippen LogP contribution in [0.4, 0.5) is 5.69 Å². The lowest BCUT2D eigenvalue weighted by Crippen LogP contribution is -2.37. The molecular weight excluding hydrogens is 288 g/mol. The monoisotopic (exact) mass is 306 g/mol. The number of piperidine rings is 1. The fraction of sp³-hybridized carbons (Fsp3) is 0.500. The molecule has 2 fully saturated rings. The lowest BCUT2D eigenvalue weighted by molar-refractivity contribution is -0.134. The number of carbonyl (C=O) groups excluding carboxylic acids is 2. The van der Waals surface area contributed by atoms with E-state index in [1.165, 1.54) is 6.42 Å². The molecule has 5 heteroatoms. The number of nitrogens with zero attached hydrogens (tertiary/aromatic N) is 1. The summed E-state index contributed by atoms with van der Waals surface area (Å²) in [5.74, 6) is -0.228. The van der Waals surface area contributed by atoms with Crippen LogP contribution in [0.1, 0.15) is 25.7 Å². The van der Waals surface area contributed by atoms with Crippen LogP contribution in [0.3, 0.4) is 0 Å². The van der Waals surface area contributed by atoms with Crippen LogP contribution in [-0.2, 0) is 9.59 Å². The van der Waals surface area contributed by atoms with Crippen molar-refractivity contribution in [2.75, 3.05) is 18.4 Å². The minimum Gasteiger partial charge on any atom is -0.342 e. The summed E-state index contributed by atoms with van der Waals surface area (Å²) in [6.07, 6.45) is 4.03. The van der Waals surface area contributed by atoms with Crippen LogP contribution < -0.4 is 5.32 Å². The largest absolute Gasteiger partial charge is 0.342 e. The summed E-state index contributed by atoms with van der Waals surface area (Å²) in [6, 6.07) is 7.06. The quantitative estimate of drug-likeness (QED) is 0.933. The third kappa shape index (κ3) is 3.38. The summed E-state index contributed by atoms with van der Waals surface area (Å²) in [6.45, 7) is 1.69. The number of nitrogens with one attached hydrogen (secondary N) is 1. The van der Waals surface area contributed by atoms with Gasteiger partial charge in [-0.1, -0.05) is 17.7 Å². The molecule has 2 amide bonds. The second kappa shape index (κ2) is 6.06. The number of anilines is 1. The average molecular weight is 307 g/mol. The minimum atomic E-state index is -0.182. The number of hydrogen-bond donors (Lipinski definition) is 1. The summed E-state index contributed by atoms with van der Waals surface area (Å²) >= 11 is 5.89. The molecule has 21 heavy (non-hydrogen) atoms. The van der Waals surface area contributed by atoms with Gasteiger partial charge in [0.05, 0.1) is 11.8 Å². The highest BCUT2D eigenvalue weighted by Gasteiger charge is 2.49. The first-order valence-electron chi connectivity index (χ1n) is 7.50. The lowest BCUT2D eigenvalue weighted by atomic mass is 10.1. The van der Waals surface area contributed by atoms with E-state index >= 15 is 0 Å². The Balaban J connectivity index is 1.54. The molecule has 1 aromatic carbocycles. The van der Waals surface area contributed by atoms with E-state index in [9.17, 15) is 9.59 Å². The zero-order chi connectivity index (χ0) is 14.8. The van der Waals surface area contributed by atoms with E-state index in [1.54, 1.807) is 24.3 Å². The number of rotatable bonds is 3. The normalized spacial score (nSPS) is 24.5. The van der Waals surface area contributed by atoms with E-state index in [4.69, 9.17) is 11.6 Å². The van der Waals surface area contributed by atoms with Gasteiger partial charge in [-0.05, 0) is 43.9 Å². The van der Waals surface area contributed by atoms with Crippen molar-refractivity contribution >= 4 is 29.1 Å². The first kappa shape index (κ1) is 14.4. The molecule has 2 unspecified atom stereocenters. The smallest absolute Gasteiger partial charge is 0.228 e. The number of halogens is 1. The Morgan fingerprint density at radius 1 is 1.14 bits per heavy atom. The number of benzene rings is 1. The lowest BCUT2D eigenvalue weighted by Gasteiger charge is -2.26. The Labute approximate surface area is 129 Å². The van der Waals surface area contributed by atoms with Gasteiger partial charge in [-0.25, -0.2) is 0 Å². The van der Waals surface area contributed by atoms with Gasteiger partial charge in [0.15, 0.2) is 0 Å². The van der Waals surface area contributed by atoms with E-state index in [0.29, 0.717) is 17.1 Å². The first-order valence-corrected chi connectivity index (χ1v) is 7.88. The molecular formula is C16H19ClN2O2.